The van der Waals surface area contributed by atoms with Crippen LogP contribution in [-0.4, -0.2) is 23.5 Å². The monoisotopic (exact) mass is 269 g/mol. The van der Waals surface area contributed by atoms with Crippen molar-refractivity contribution >= 4 is 29.4 Å². The Hall–Kier alpha value is -1.82. The summed E-state index contributed by atoms with van der Waals surface area (Å²) in [5.41, 5.74) is 5.56. The molecule has 1 heterocycles. The van der Waals surface area contributed by atoms with Crippen LogP contribution in [0.5, 0.6) is 0 Å². The van der Waals surface area contributed by atoms with Crippen molar-refractivity contribution in [1.29, 1.82) is 0 Å². The normalized spacial score (nSPS) is 11.1. The average Bonchev–Trinajstić information content (AvgIpc) is 2.32. The molecule has 0 atom stereocenters. The number of carbonyl (C=O) groups excluding carboxylic acids is 1. The average molecular weight is 270 g/mol. The number of hydrogen-bond acceptors (Lipinski definition) is 3. The number of nitrogens with one attached hydrogen (secondary N) is 2. The van der Waals surface area contributed by atoms with Gasteiger partial charge in [0.1, 0.15) is 0 Å². The Morgan fingerprint density at radius 1 is 1.61 bits per heavy atom. The van der Waals surface area contributed by atoms with Crippen LogP contribution >= 0.6 is 11.6 Å². The SMILES string of the molecule is CCCCNC(=O)N/C(N)=N/c1ncccc1Cl. The van der Waals surface area contributed by atoms with Gasteiger partial charge in [-0.2, -0.15) is 4.99 Å². The molecule has 0 radical (unpaired) electrons. The molecule has 0 spiro atoms. The second-order valence-electron chi connectivity index (χ2n) is 3.54. The predicted octanol–water partition coefficient (Wildman–Crippen LogP) is 1.78. The predicted molar refractivity (Wildman–Crippen MR) is 72.0 cm³/mol. The lowest BCUT2D eigenvalue weighted by molar-refractivity contribution is 0.245. The summed E-state index contributed by atoms with van der Waals surface area (Å²) in [4.78, 5) is 19.2. The van der Waals surface area contributed by atoms with Crippen LogP contribution in [0, 0.1) is 0 Å². The molecule has 0 unspecified atom stereocenters. The zero-order valence-electron chi connectivity index (χ0n) is 10.1. The molecule has 0 aromatic carbocycles. The standard InChI is InChI=1S/C11H16ClN5O/c1-2-3-6-15-11(18)17-10(13)16-9-8(12)5-4-7-14-9/h4-5,7H,2-3,6H2,1H3,(H4,13,14,15,16,17,18). The molecule has 0 aliphatic carbocycles. The molecule has 98 valence electrons. The van der Waals surface area contributed by atoms with Gasteiger partial charge in [-0.05, 0) is 18.6 Å². The van der Waals surface area contributed by atoms with Gasteiger partial charge in [0.25, 0.3) is 0 Å². The first-order chi connectivity index (χ1) is 8.63. The second-order valence-corrected chi connectivity index (χ2v) is 3.95. The maximum absolute atomic E-state index is 11.4. The number of aromatic nitrogens is 1. The van der Waals surface area contributed by atoms with Gasteiger partial charge in [-0.3, -0.25) is 5.32 Å². The third-order valence-corrected chi connectivity index (χ3v) is 2.32. The molecule has 2 amide bonds. The number of unbranched alkanes of at least 4 members (excludes halogenated alkanes) is 1. The minimum absolute atomic E-state index is 0.0513. The van der Waals surface area contributed by atoms with Crippen LogP contribution in [0.3, 0.4) is 0 Å². The number of amides is 2. The molecule has 0 saturated heterocycles. The van der Waals surface area contributed by atoms with Crippen molar-refractivity contribution in [1.82, 2.24) is 15.6 Å². The van der Waals surface area contributed by atoms with E-state index in [4.69, 9.17) is 17.3 Å². The summed E-state index contributed by atoms with van der Waals surface area (Å²) in [7, 11) is 0. The van der Waals surface area contributed by atoms with Crippen LogP contribution in [0.4, 0.5) is 10.6 Å². The summed E-state index contributed by atoms with van der Waals surface area (Å²) in [5.74, 6) is 0.218. The Morgan fingerprint density at radius 2 is 2.39 bits per heavy atom. The van der Waals surface area contributed by atoms with Crippen molar-refractivity contribution < 1.29 is 4.79 Å². The summed E-state index contributed by atoms with van der Waals surface area (Å²) in [6, 6.07) is 2.93. The number of rotatable bonds is 4. The minimum atomic E-state index is -0.392. The Kier molecular flexibility index (Phi) is 5.93. The number of halogens is 1. The highest BCUT2D eigenvalue weighted by Gasteiger charge is 2.03. The highest BCUT2D eigenvalue weighted by molar-refractivity contribution is 6.32. The molecule has 0 aliphatic heterocycles. The molecule has 0 saturated carbocycles. The van der Waals surface area contributed by atoms with Gasteiger partial charge in [-0.15, -0.1) is 0 Å². The number of pyridine rings is 1. The molecule has 1 rings (SSSR count). The van der Waals surface area contributed by atoms with Crippen LogP contribution in [0.1, 0.15) is 19.8 Å². The molecule has 6 nitrogen and oxygen atoms in total. The fraction of sp³-hybridized carbons (Fsp3) is 0.364. The Morgan fingerprint density at radius 3 is 3.06 bits per heavy atom. The number of carbonyl (C=O) groups is 1. The van der Waals surface area contributed by atoms with Crippen LogP contribution in [0.2, 0.25) is 5.02 Å². The van der Waals surface area contributed by atoms with E-state index in [0.29, 0.717) is 11.6 Å². The van der Waals surface area contributed by atoms with E-state index >= 15 is 0 Å². The molecule has 7 heteroatoms. The van der Waals surface area contributed by atoms with Gasteiger partial charge in [-0.25, -0.2) is 9.78 Å². The highest BCUT2D eigenvalue weighted by Crippen LogP contribution is 2.19. The quantitative estimate of drug-likeness (QED) is 0.442. The van der Waals surface area contributed by atoms with E-state index in [1.165, 1.54) is 0 Å². The van der Waals surface area contributed by atoms with Crippen molar-refractivity contribution in [2.75, 3.05) is 6.54 Å². The van der Waals surface area contributed by atoms with Crippen molar-refractivity contribution in [2.24, 2.45) is 10.7 Å². The third-order valence-electron chi connectivity index (χ3n) is 2.02. The summed E-state index contributed by atoms with van der Waals surface area (Å²) in [5, 5.41) is 5.41. The number of aliphatic imine (C=N–C) groups is 1. The largest absolute Gasteiger partial charge is 0.369 e. The molecule has 1 aromatic rings. The van der Waals surface area contributed by atoms with E-state index in [1.807, 2.05) is 6.92 Å². The van der Waals surface area contributed by atoms with E-state index in [9.17, 15) is 4.79 Å². The first-order valence-corrected chi connectivity index (χ1v) is 6.00. The van der Waals surface area contributed by atoms with E-state index in [1.54, 1.807) is 18.3 Å². The Labute approximate surface area is 111 Å². The summed E-state index contributed by atoms with van der Waals surface area (Å²) in [6.07, 6.45) is 3.46. The smallest absolute Gasteiger partial charge is 0.321 e. The molecule has 0 aliphatic rings. The van der Waals surface area contributed by atoms with Crippen LogP contribution in [-0.2, 0) is 0 Å². The molecule has 18 heavy (non-hydrogen) atoms. The number of hydrogen-bond donors (Lipinski definition) is 3. The van der Waals surface area contributed by atoms with Crippen molar-refractivity contribution in [2.45, 2.75) is 19.8 Å². The first-order valence-electron chi connectivity index (χ1n) is 5.63. The van der Waals surface area contributed by atoms with E-state index in [2.05, 4.69) is 20.6 Å². The van der Waals surface area contributed by atoms with Crippen LogP contribution < -0.4 is 16.4 Å². The Balaban J connectivity index is 2.52. The summed E-state index contributed by atoms with van der Waals surface area (Å²) in [6.45, 7) is 2.64. The zero-order valence-corrected chi connectivity index (χ0v) is 10.9. The molecular weight excluding hydrogens is 254 g/mol. The van der Waals surface area contributed by atoms with Crippen molar-refractivity contribution in [3.05, 3.63) is 23.4 Å². The fourth-order valence-corrected chi connectivity index (χ4v) is 1.30. The summed E-state index contributed by atoms with van der Waals surface area (Å²) < 4.78 is 0. The minimum Gasteiger partial charge on any atom is -0.369 e. The Bertz CT molecular complexity index is 435. The lowest BCUT2D eigenvalue weighted by atomic mass is 10.3. The maximum atomic E-state index is 11.4. The van der Waals surface area contributed by atoms with Gasteiger partial charge in [0.2, 0.25) is 5.96 Å². The zero-order chi connectivity index (χ0) is 13.4. The maximum Gasteiger partial charge on any atom is 0.321 e. The molecule has 4 N–H and O–H groups in total. The van der Waals surface area contributed by atoms with E-state index < -0.39 is 6.03 Å². The third kappa shape index (κ3) is 5.01. The lowest BCUT2D eigenvalue weighted by Crippen LogP contribution is -2.43. The topological polar surface area (TPSA) is 92.4 Å². The number of nitrogens with zero attached hydrogens (tertiary/aromatic N) is 2. The van der Waals surface area contributed by atoms with Gasteiger partial charge >= 0.3 is 6.03 Å². The molecular formula is C11H16ClN5O. The molecule has 0 bridgehead atoms. The molecule has 1 aromatic heterocycles. The lowest BCUT2D eigenvalue weighted by Gasteiger charge is -2.06. The van der Waals surface area contributed by atoms with E-state index in [0.717, 1.165) is 12.8 Å². The number of guanidine groups is 1. The van der Waals surface area contributed by atoms with Gasteiger partial charge < -0.3 is 11.1 Å². The number of nitrogens with two attached hydrogens (primary N) is 1. The number of urea groups is 1. The fourth-order valence-electron chi connectivity index (χ4n) is 1.14. The highest BCUT2D eigenvalue weighted by atomic mass is 35.5. The molecule has 0 fully saturated rings. The van der Waals surface area contributed by atoms with Crippen LogP contribution in [0.15, 0.2) is 23.3 Å². The van der Waals surface area contributed by atoms with Gasteiger partial charge in [0.15, 0.2) is 5.82 Å². The van der Waals surface area contributed by atoms with Gasteiger partial charge in [0, 0.05) is 12.7 Å². The second kappa shape index (κ2) is 7.50. The summed E-state index contributed by atoms with van der Waals surface area (Å²) >= 11 is 5.85. The first kappa shape index (κ1) is 14.2. The van der Waals surface area contributed by atoms with Crippen LogP contribution in [0.25, 0.3) is 0 Å². The van der Waals surface area contributed by atoms with Crippen molar-refractivity contribution in [3.63, 3.8) is 0 Å². The van der Waals surface area contributed by atoms with Crippen molar-refractivity contribution in [3.8, 4) is 0 Å². The van der Waals surface area contributed by atoms with E-state index in [-0.39, 0.29) is 11.8 Å². The van der Waals surface area contributed by atoms with Gasteiger partial charge in [0.05, 0.1) is 5.02 Å². The van der Waals surface area contributed by atoms with Gasteiger partial charge in [-0.1, -0.05) is 24.9 Å².